The van der Waals surface area contributed by atoms with Gasteiger partial charge in [-0.25, -0.2) is 14.4 Å². The number of esters is 1. The molecule has 0 heterocycles. The van der Waals surface area contributed by atoms with E-state index >= 15 is 0 Å². The molecule has 0 aromatic heterocycles. The maximum atomic E-state index is 11.5. The smallest absolute Gasteiger partial charge is 0.349 e. The second kappa shape index (κ2) is 9.82. The molecule has 1 aromatic carbocycles. The van der Waals surface area contributed by atoms with Crippen LogP contribution in [0.1, 0.15) is 17.7 Å². The monoisotopic (exact) mass is 422 g/mol. The third-order valence-corrected chi connectivity index (χ3v) is 5.25. The number of ether oxygens (including phenoxy) is 1. The van der Waals surface area contributed by atoms with Crippen LogP contribution in [0.5, 0.6) is 0 Å². The van der Waals surface area contributed by atoms with Crippen LogP contribution in [0.25, 0.3) is 0 Å². The number of carbonyl (C=O) groups excluding carboxylic acids is 1. The molecular formula is C16H16Cl2O7S. The standard InChI is InChI=1S/C16H16Cl2O7S/c1-2-25-12(19)4-3-7-26-13(16(24,14(20)21)15(22)23)9-5-6-10(17)11(18)8-9/h3-6,8,13,24H,2,7H2,1H3,(H,20,21)(H,22,23)/b4-3+. The summed E-state index contributed by atoms with van der Waals surface area (Å²) in [5, 5.41) is 27.7. The Hall–Kier alpha value is -1.74. The first-order valence-electron chi connectivity index (χ1n) is 7.23. The third kappa shape index (κ3) is 5.38. The molecule has 0 amide bonds. The van der Waals surface area contributed by atoms with Crippen molar-refractivity contribution in [2.24, 2.45) is 0 Å². The first-order valence-corrected chi connectivity index (χ1v) is 9.04. The number of hydrogen-bond donors (Lipinski definition) is 3. The van der Waals surface area contributed by atoms with Gasteiger partial charge in [-0.15, -0.1) is 11.8 Å². The molecule has 0 saturated heterocycles. The van der Waals surface area contributed by atoms with Crippen molar-refractivity contribution in [3.63, 3.8) is 0 Å². The molecule has 0 fully saturated rings. The van der Waals surface area contributed by atoms with Gasteiger partial charge in [0.1, 0.15) is 0 Å². The van der Waals surface area contributed by atoms with E-state index in [0.29, 0.717) is 0 Å². The Bertz CT molecular complexity index is 707. The van der Waals surface area contributed by atoms with Crippen molar-refractivity contribution in [2.75, 3.05) is 12.4 Å². The highest BCUT2D eigenvalue weighted by Gasteiger charge is 2.52. The summed E-state index contributed by atoms with van der Waals surface area (Å²) >= 11 is 12.5. The van der Waals surface area contributed by atoms with Crippen LogP contribution in [-0.2, 0) is 19.1 Å². The van der Waals surface area contributed by atoms with E-state index in [0.717, 1.165) is 17.8 Å². The molecule has 1 unspecified atom stereocenters. The van der Waals surface area contributed by atoms with Gasteiger partial charge in [0.2, 0.25) is 0 Å². The minimum absolute atomic E-state index is 0.0343. The molecule has 0 aliphatic heterocycles. The quantitative estimate of drug-likeness (QED) is 0.315. The largest absolute Gasteiger partial charge is 0.479 e. The van der Waals surface area contributed by atoms with Crippen LogP contribution in [0.4, 0.5) is 0 Å². The minimum atomic E-state index is -3.11. The van der Waals surface area contributed by atoms with Gasteiger partial charge in [-0.3, -0.25) is 0 Å². The van der Waals surface area contributed by atoms with Gasteiger partial charge in [0.05, 0.1) is 21.9 Å². The summed E-state index contributed by atoms with van der Waals surface area (Å²) in [6.07, 6.45) is 2.50. The lowest BCUT2D eigenvalue weighted by molar-refractivity contribution is -0.176. The summed E-state index contributed by atoms with van der Waals surface area (Å²) in [5.74, 6) is -4.41. The molecule has 0 saturated carbocycles. The van der Waals surface area contributed by atoms with Gasteiger partial charge in [0.25, 0.3) is 5.60 Å². The summed E-state index contributed by atoms with van der Waals surface area (Å²) < 4.78 is 4.70. The number of halogens is 2. The first-order chi connectivity index (χ1) is 12.1. The Morgan fingerprint density at radius 1 is 1.23 bits per heavy atom. The summed E-state index contributed by atoms with van der Waals surface area (Å²) in [4.78, 5) is 34.2. The summed E-state index contributed by atoms with van der Waals surface area (Å²) in [5.41, 5.74) is -2.96. The van der Waals surface area contributed by atoms with Crippen LogP contribution in [0.2, 0.25) is 10.0 Å². The molecule has 142 valence electrons. The van der Waals surface area contributed by atoms with E-state index in [-0.39, 0.29) is 28.0 Å². The fourth-order valence-electron chi connectivity index (χ4n) is 1.94. The predicted octanol–water partition coefficient (Wildman–Crippen LogP) is 2.79. The Kier molecular flexibility index (Phi) is 8.42. The normalized spacial score (nSPS) is 12.8. The molecule has 0 radical (unpaired) electrons. The summed E-state index contributed by atoms with van der Waals surface area (Å²) in [6.45, 7) is 1.83. The molecule has 0 bridgehead atoms. The zero-order chi connectivity index (χ0) is 19.9. The second-order valence-electron chi connectivity index (χ2n) is 4.92. The van der Waals surface area contributed by atoms with Crippen LogP contribution in [0, 0.1) is 0 Å². The lowest BCUT2D eigenvalue weighted by Gasteiger charge is -2.28. The van der Waals surface area contributed by atoms with E-state index in [1.807, 2.05) is 0 Å². The van der Waals surface area contributed by atoms with Crippen molar-refractivity contribution in [3.8, 4) is 0 Å². The van der Waals surface area contributed by atoms with Gasteiger partial charge in [-0.05, 0) is 24.6 Å². The number of carbonyl (C=O) groups is 3. The van der Waals surface area contributed by atoms with Crippen LogP contribution in [0.15, 0.2) is 30.4 Å². The van der Waals surface area contributed by atoms with E-state index in [1.54, 1.807) is 6.92 Å². The van der Waals surface area contributed by atoms with Gasteiger partial charge in [-0.1, -0.05) is 35.3 Å². The highest BCUT2D eigenvalue weighted by Crippen LogP contribution is 2.41. The Morgan fingerprint density at radius 2 is 1.85 bits per heavy atom. The molecule has 0 aliphatic carbocycles. The third-order valence-electron chi connectivity index (χ3n) is 3.18. The number of benzene rings is 1. The summed E-state index contributed by atoms with van der Waals surface area (Å²) in [7, 11) is 0. The van der Waals surface area contributed by atoms with E-state index in [2.05, 4.69) is 0 Å². The molecule has 1 aromatic rings. The van der Waals surface area contributed by atoms with E-state index in [1.165, 1.54) is 24.3 Å². The number of carboxylic acids is 2. The molecule has 1 rings (SSSR count). The van der Waals surface area contributed by atoms with Crippen LogP contribution < -0.4 is 0 Å². The number of carboxylic acid groups (broad SMARTS) is 2. The SMILES string of the molecule is CCOC(=O)/C=C/CSC(c1ccc(Cl)c(Cl)c1)C(O)(C(=O)O)C(=O)O. The summed E-state index contributed by atoms with van der Waals surface area (Å²) in [6, 6.07) is 4.02. The highest BCUT2D eigenvalue weighted by molar-refractivity contribution is 7.99. The predicted molar refractivity (Wildman–Crippen MR) is 97.7 cm³/mol. The molecule has 1 atom stereocenters. The molecular weight excluding hydrogens is 407 g/mol. The number of aliphatic hydroxyl groups is 1. The molecule has 3 N–H and O–H groups in total. The molecule has 0 spiro atoms. The van der Waals surface area contributed by atoms with Crippen LogP contribution in [-0.4, -0.2) is 51.2 Å². The lowest BCUT2D eigenvalue weighted by atomic mass is 9.94. The fourth-order valence-corrected chi connectivity index (χ4v) is 3.42. The van der Waals surface area contributed by atoms with E-state index in [9.17, 15) is 29.7 Å². The topological polar surface area (TPSA) is 121 Å². The Balaban J connectivity index is 3.17. The van der Waals surface area contributed by atoms with Crippen LogP contribution in [0.3, 0.4) is 0 Å². The first kappa shape index (κ1) is 22.3. The average Bonchev–Trinajstić information content (AvgIpc) is 2.56. The number of rotatable bonds is 9. The van der Waals surface area contributed by atoms with Crippen molar-refractivity contribution >= 4 is 52.9 Å². The maximum Gasteiger partial charge on any atom is 0.349 e. The second-order valence-corrected chi connectivity index (χ2v) is 6.87. The fraction of sp³-hybridized carbons (Fsp3) is 0.312. The highest BCUT2D eigenvalue weighted by atomic mass is 35.5. The lowest BCUT2D eigenvalue weighted by Crippen LogP contribution is -2.50. The van der Waals surface area contributed by atoms with Crippen molar-refractivity contribution < 1.29 is 34.4 Å². The number of hydrogen-bond acceptors (Lipinski definition) is 6. The molecule has 10 heteroatoms. The van der Waals surface area contributed by atoms with Gasteiger partial charge in [-0.2, -0.15) is 0 Å². The maximum absolute atomic E-state index is 11.5. The Morgan fingerprint density at radius 3 is 2.35 bits per heavy atom. The van der Waals surface area contributed by atoms with Crippen LogP contribution >= 0.6 is 35.0 Å². The Labute approximate surface area is 163 Å². The van der Waals surface area contributed by atoms with Crippen molar-refractivity contribution in [1.82, 2.24) is 0 Å². The average molecular weight is 423 g/mol. The minimum Gasteiger partial charge on any atom is -0.479 e. The van der Waals surface area contributed by atoms with Gasteiger partial charge >= 0.3 is 17.9 Å². The van der Waals surface area contributed by atoms with E-state index < -0.39 is 28.8 Å². The zero-order valence-corrected chi connectivity index (χ0v) is 15.8. The number of thioether (sulfide) groups is 1. The number of aliphatic carboxylic acids is 2. The van der Waals surface area contributed by atoms with Gasteiger partial charge < -0.3 is 20.1 Å². The van der Waals surface area contributed by atoms with Crippen molar-refractivity contribution in [3.05, 3.63) is 46.0 Å². The van der Waals surface area contributed by atoms with Gasteiger partial charge in [0, 0.05) is 11.8 Å². The van der Waals surface area contributed by atoms with Gasteiger partial charge in [0.15, 0.2) is 0 Å². The molecule has 26 heavy (non-hydrogen) atoms. The molecule has 0 aliphatic rings. The van der Waals surface area contributed by atoms with E-state index in [4.69, 9.17) is 27.9 Å². The molecule has 7 nitrogen and oxygen atoms in total. The van der Waals surface area contributed by atoms with Crippen molar-refractivity contribution in [2.45, 2.75) is 17.8 Å². The van der Waals surface area contributed by atoms with Crippen molar-refractivity contribution in [1.29, 1.82) is 0 Å². The zero-order valence-electron chi connectivity index (χ0n) is 13.5.